The maximum Gasteiger partial charge on any atom is 0.331 e. The van der Waals surface area contributed by atoms with E-state index in [0.717, 1.165) is 30.9 Å². The first-order valence-electron chi connectivity index (χ1n) is 8.19. The van der Waals surface area contributed by atoms with E-state index in [0.29, 0.717) is 12.5 Å². The molecule has 0 spiro atoms. The Labute approximate surface area is 127 Å². The average molecular weight is 287 g/mol. The summed E-state index contributed by atoms with van der Waals surface area (Å²) in [6.07, 6.45) is 4.41. The van der Waals surface area contributed by atoms with Crippen LogP contribution in [-0.2, 0) is 15.1 Å². The molecule has 3 rings (SSSR count). The van der Waals surface area contributed by atoms with Crippen molar-refractivity contribution in [2.24, 2.45) is 5.92 Å². The van der Waals surface area contributed by atoms with E-state index >= 15 is 0 Å². The summed E-state index contributed by atoms with van der Waals surface area (Å²) >= 11 is 0. The second kappa shape index (κ2) is 5.80. The van der Waals surface area contributed by atoms with Crippen molar-refractivity contribution >= 4 is 5.97 Å². The van der Waals surface area contributed by atoms with E-state index < -0.39 is 5.54 Å². The van der Waals surface area contributed by atoms with Gasteiger partial charge in [0, 0.05) is 0 Å². The van der Waals surface area contributed by atoms with Crippen LogP contribution >= 0.6 is 0 Å². The molecule has 0 heterocycles. The number of hydrogen-bond acceptors (Lipinski definition) is 3. The minimum atomic E-state index is -0.637. The first kappa shape index (κ1) is 14.6. The Balaban J connectivity index is 1.97. The van der Waals surface area contributed by atoms with Gasteiger partial charge in [-0.15, -0.1) is 0 Å². The van der Waals surface area contributed by atoms with Crippen LogP contribution in [0.2, 0.25) is 0 Å². The van der Waals surface area contributed by atoms with Crippen molar-refractivity contribution in [2.75, 3.05) is 13.2 Å². The highest BCUT2D eigenvalue weighted by Gasteiger charge is 2.46. The lowest BCUT2D eigenvalue weighted by Gasteiger charge is -2.40. The molecule has 0 radical (unpaired) electrons. The topological polar surface area (TPSA) is 38.3 Å². The van der Waals surface area contributed by atoms with Crippen LogP contribution in [0, 0.1) is 5.92 Å². The summed E-state index contributed by atoms with van der Waals surface area (Å²) in [7, 11) is 0. The number of rotatable bonds is 5. The third-order valence-corrected chi connectivity index (χ3v) is 4.92. The largest absolute Gasteiger partial charge is 0.464 e. The van der Waals surface area contributed by atoms with Crippen molar-refractivity contribution in [3.05, 3.63) is 35.4 Å². The van der Waals surface area contributed by atoms with Crippen LogP contribution in [0.25, 0.3) is 0 Å². The van der Waals surface area contributed by atoms with Gasteiger partial charge < -0.3 is 4.74 Å². The Morgan fingerprint density at radius 3 is 2.81 bits per heavy atom. The number of nitrogens with one attached hydrogen (secondary N) is 1. The van der Waals surface area contributed by atoms with Crippen LogP contribution < -0.4 is 5.32 Å². The van der Waals surface area contributed by atoms with Gasteiger partial charge in [-0.05, 0) is 62.1 Å². The van der Waals surface area contributed by atoms with Crippen LogP contribution in [0.5, 0.6) is 0 Å². The summed E-state index contributed by atoms with van der Waals surface area (Å²) in [4.78, 5) is 12.7. The monoisotopic (exact) mass is 287 g/mol. The third kappa shape index (κ3) is 2.71. The van der Waals surface area contributed by atoms with Gasteiger partial charge in [0.05, 0.1) is 6.61 Å². The minimum Gasteiger partial charge on any atom is -0.464 e. The van der Waals surface area contributed by atoms with Gasteiger partial charge in [0.2, 0.25) is 0 Å². The molecule has 2 aliphatic rings. The van der Waals surface area contributed by atoms with Gasteiger partial charge in [-0.2, -0.15) is 0 Å². The standard InChI is InChI=1S/C18H25NO2/c1-3-21-17(20)18(19-12-14-8-9-14)11-10-13(2)15-6-4-5-7-16(15)18/h4-7,13-14,19H,3,8-12H2,1-2H3. The molecule has 0 aromatic heterocycles. The van der Waals surface area contributed by atoms with Crippen LogP contribution in [0.15, 0.2) is 24.3 Å². The van der Waals surface area contributed by atoms with Gasteiger partial charge in [0.15, 0.2) is 0 Å². The molecule has 0 saturated heterocycles. The zero-order valence-corrected chi connectivity index (χ0v) is 13.0. The average Bonchev–Trinajstić information content (AvgIpc) is 3.32. The predicted octanol–water partition coefficient (Wildman–Crippen LogP) is 3.34. The molecular formula is C18H25NO2. The second-order valence-corrected chi connectivity index (χ2v) is 6.48. The SMILES string of the molecule is CCOC(=O)C1(NCC2CC2)CCC(C)c2ccccc21. The molecule has 3 heteroatoms. The van der Waals surface area contributed by atoms with Crippen molar-refractivity contribution in [3.8, 4) is 0 Å². The van der Waals surface area contributed by atoms with Crippen LogP contribution in [0.4, 0.5) is 0 Å². The molecule has 1 aromatic rings. The lowest BCUT2D eigenvalue weighted by Crippen LogP contribution is -2.53. The lowest BCUT2D eigenvalue weighted by molar-refractivity contribution is -0.152. The van der Waals surface area contributed by atoms with Gasteiger partial charge >= 0.3 is 5.97 Å². The summed E-state index contributed by atoms with van der Waals surface area (Å²) in [6, 6.07) is 8.36. The Morgan fingerprint density at radius 2 is 2.10 bits per heavy atom. The number of carbonyl (C=O) groups excluding carboxylic acids is 1. The third-order valence-electron chi connectivity index (χ3n) is 4.92. The fourth-order valence-electron chi connectivity index (χ4n) is 3.40. The molecule has 1 saturated carbocycles. The molecule has 2 aliphatic carbocycles. The lowest BCUT2D eigenvalue weighted by atomic mass is 9.72. The van der Waals surface area contributed by atoms with E-state index in [9.17, 15) is 4.79 Å². The summed E-state index contributed by atoms with van der Waals surface area (Å²) in [5.74, 6) is 1.14. The van der Waals surface area contributed by atoms with Gasteiger partial charge in [-0.1, -0.05) is 31.2 Å². The molecule has 1 N–H and O–H groups in total. The quantitative estimate of drug-likeness (QED) is 0.844. The van der Waals surface area contributed by atoms with Crippen LogP contribution in [0.3, 0.4) is 0 Å². The highest BCUT2D eigenvalue weighted by Crippen LogP contribution is 2.42. The number of hydrogen-bond donors (Lipinski definition) is 1. The fraction of sp³-hybridized carbons (Fsp3) is 0.611. The zero-order valence-electron chi connectivity index (χ0n) is 13.0. The fourth-order valence-corrected chi connectivity index (χ4v) is 3.40. The molecule has 0 amide bonds. The van der Waals surface area contributed by atoms with Gasteiger partial charge in [-0.25, -0.2) is 4.79 Å². The molecule has 3 nitrogen and oxygen atoms in total. The maximum atomic E-state index is 12.7. The Bertz CT molecular complexity index is 524. The van der Waals surface area contributed by atoms with Crippen molar-refractivity contribution in [2.45, 2.75) is 51.0 Å². The van der Waals surface area contributed by atoms with Gasteiger partial charge in [-0.3, -0.25) is 5.32 Å². The summed E-state index contributed by atoms with van der Waals surface area (Å²) in [5.41, 5.74) is 1.78. The normalized spacial score (nSPS) is 28.0. The zero-order chi connectivity index (χ0) is 14.9. The Hall–Kier alpha value is -1.35. The molecule has 21 heavy (non-hydrogen) atoms. The second-order valence-electron chi connectivity index (χ2n) is 6.48. The van der Waals surface area contributed by atoms with E-state index in [1.807, 2.05) is 13.0 Å². The van der Waals surface area contributed by atoms with Crippen molar-refractivity contribution in [1.82, 2.24) is 5.32 Å². The summed E-state index contributed by atoms with van der Waals surface area (Å²) in [6.45, 7) is 5.48. The number of esters is 1. The van der Waals surface area contributed by atoms with Crippen molar-refractivity contribution in [3.63, 3.8) is 0 Å². The van der Waals surface area contributed by atoms with E-state index in [1.54, 1.807) is 0 Å². The molecule has 114 valence electrons. The number of carbonyl (C=O) groups is 1. The smallest absolute Gasteiger partial charge is 0.331 e. The first-order valence-corrected chi connectivity index (χ1v) is 8.19. The van der Waals surface area contributed by atoms with Crippen LogP contribution in [0.1, 0.15) is 56.6 Å². The molecule has 2 atom stereocenters. The Morgan fingerprint density at radius 1 is 1.33 bits per heavy atom. The van der Waals surface area contributed by atoms with Crippen molar-refractivity contribution < 1.29 is 9.53 Å². The predicted molar refractivity (Wildman–Crippen MR) is 83.1 cm³/mol. The maximum absolute atomic E-state index is 12.7. The molecule has 1 aromatic carbocycles. The van der Waals surface area contributed by atoms with E-state index in [-0.39, 0.29) is 5.97 Å². The number of ether oxygens (including phenoxy) is 1. The molecular weight excluding hydrogens is 262 g/mol. The summed E-state index contributed by atoms with van der Waals surface area (Å²) in [5, 5.41) is 3.58. The van der Waals surface area contributed by atoms with E-state index in [1.165, 1.54) is 18.4 Å². The Kier molecular flexibility index (Phi) is 4.03. The summed E-state index contributed by atoms with van der Waals surface area (Å²) < 4.78 is 5.43. The molecule has 2 unspecified atom stereocenters. The molecule has 0 bridgehead atoms. The van der Waals surface area contributed by atoms with E-state index in [2.05, 4.69) is 30.4 Å². The molecule has 1 fully saturated rings. The van der Waals surface area contributed by atoms with Crippen LogP contribution in [-0.4, -0.2) is 19.1 Å². The number of benzene rings is 1. The first-order chi connectivity index (χ1) is 10.2. The molecule has 0 aliphatic heterocycles. The highest BCUT2D eigenvalue weighted by atomic mass is 16.5. The van der Waals surface area contributed by atoms with Gasteiger partial charge in [0.1, 0.15) is 5.54 Å². The minimum absolute atomic E-state index is 0.106. The highest BCUT2D eigenvalue weighted by molar-refractivity contribution is 5.83. The number of fused-ring (bicyclic) bond motifs is 1. The van der Waals surface area contributed by atoms with E-state index in [4.69, 9.17) is 4.74 Å². The van der Waals surface area contributed by atoms with Crippen molar-refractivity contribution in [1.29, 1.82) is 0 Å². The van der Waals surface area contributed by atoms with Gasteiger partial charge in [0.25, 0.3) is 0 Å².